The van der Waals surface area contributed by atoms with Gasteiger partial charge in [-0.3, -0.25) is 4.98 Å². The van der Waals surface area contributed by atoms with Crippen LogP contribution in [0.25, 0.3) is 0 Å². The number of nitrogens with one attached hydrogen (secondary N) is 1. The van der Waals surface area contributed by atoms with Gasteiger partial charge in [0, 0.05) is 47.3 Å². The first kappa shape index (κ1) is 17.7. The zero-order chi connectivity index (χ0) is 16.3. The summed E-state index contributed by atoms with van der Waals surface area (Å²) < 4.78 is 0. The van der Waals surface area contributed by atoms with Gasteiger partial charge < -0.3 is 10.2 Å². The normalized spacial score (nSPS) is 12.3. The van der Waals surface area contributed by atoms with Crippen molar-refractivity contribution in [3.8, 4) is 0 Å². The number of aryl methyl sites for hydroxylation is 1. The maximum Gasteiger partial charge on any atom is 0.0452 e. The van der Waals surface area contributed by atoms with Crippen molar-refractivity contribution in [2.24, 2.45) is 0 Å². The Balaban J connectivity index is 3.18. The highest BCUT2D eigenvalue weighted by atomic mass is 15.2. The fraction of sp³-hybridized carbons (Fsp3) is 0.611. The third-order valence-corrected chi connectivity index (χ3v) is 3.32. The maximum atomic E-state index is 4.47. The van der Waals surface area contributed by atoms with Crippen LogP contribution >= 0.6 is 0 Å². The second-order valence-electron chi connectivity index (χ2n) is 7.63. The zero-order valence-electron chi connectivity index (χ0n) is 14.7. The van der Waals surface area contributed by atoms with Crippen LogP contribution < -0.4 is 10.2 Å². The monoisotopic (exact) mass is 289 g/mol. The lowest BCUT2D eigenvalue weighted by Crippen LogP contribution is -2.43. The molecule has 21 heavy (non-hydrogen) atoms. The molecule has 0 spiro atoms. The summed E-state index contributed by atoms with van der Waals surface area (Å²) in [5.41, 5.74) is 3.65. The summed E-state index contributed by atoms with van der Waals surface area (Å²) in [6, 6.07) is 2.18. The van der Waals surface area contributed by atoms with E-state index in [1.165, 1.54) is 11.3 Å². The Hall–Kier alpha value is -1.35. The lowest BCUT2D eigenvalue weighted by molar-refractivity contribution is 0.423. The minimum absolute atomic E-state index is 0.0401. The Morgan fingerprint density at radius 2 is 1.86 bits per heavy atom. The zero-order valence-corrected chi connectivity index (χ0v) is 14.7. The number of nitrogens with zero attached hydrogens (tertiary/aromatic N) is 2. The first-order valence-electron chi connectivity index (χ1n) is 7.63. The summed E-state index contributed by atoms with van der Waals surface area (Å²) in [6.07, 6.45) is 3.95. The number of aromatic nitrogens is 1. The van der Waals surface area contributed by atoms with Crippen LogP contribution in [-0.4, -0.2) is 22.6 Å². The quantitative estimate of drug-likeness (QED) is 0.828. The molecular formula is C18H31N3. The molecule has 0 atom stereocenters. The molecule has 1 aromatic heterocycles. The van der Waals surface area contributed by atoms with E-state index in [0.717, 1.165) is 18.8 Å². The maximum absolute atomic E-state index is 4.47. The molecule has 1 aromatic rings. The Morgan fingerprint density at radius 3 is 2.33 bits per heavy atom. The molecule has 0 aromatic carbocycles. The van der Waals surface area contributed by atoms with E-state index in [-0.39, 0.29) is 11.1 Å². The number of hydrogen-bond donors (Lipinski definition) is 1. The molecule has 0 bridgehead atoms. The summed E-state index contributed by atoms with van der Waals surface area (Å²) in [6.45, 7) is 20.8. The van der Waals surface area contributed by atoms with E-state index >= 15 is 0 Å². The number of rotatable bonds is 5. The van der Waals surface area contributed by atoms with E-state index in [1.54, 1.807) is 0 Å². The molecular weight excluding hydrogens is 258 g/mol. The van der Waals surface area contributed by atoms with Crippen LogP contribution in [0.4, 0.5) is 5.69 Å². The van der Waals surface area contributed by atoms with Gasteiger partial charge in [0.25, 0.3) is 0 Å². The molecule has 1 N–H and O–H groups in total. The molecule has 1 heterocycles. The highest BCUT2D eigenvalue weighted by Crippen LogP contribution is 2.28. The Morgan fingerprint density at radius 1 is 1.24 bits per heavy atom. The molecule has 0 radical (unpaired) electrons. The number of pyridine rings is 1. The van der Waals surface area contributed by atoms with Gasteiger partial charge in [0.1, 0.15) is 0 Å². The summed E-state index contributed by atoms with van der Waals surface area (Å²) >= 11 is 0. The third-order valence-electron chi connectivity index (χ3n) is 3.32. The average molecular weight is 289 g/mol. The molecule has 0 unspecified atom stereocenters. The molecule has 1 rings (SSSR count). The van der Waals surface area contributed by atoms with Crippen molar-refractivity contribution in [1.29, 1.82) is 0 Å². The van der Waals surface area contributed by atoms with Gasteiger partial charge in [-0.05, 0) is 54.5 Å². The smallest absolute Gasteiger partial charge is 0.0452 e. The molecule has 118 valence electrons. The average Bonchev–Trinajstić information content (AvgIpc) is 2.32. The first-order chi connectivity index (χ1) is 9.54. The van der Waals surface area contributed by atoms with E-state index in [4.69, 9.17) is 0 Å². The summed E-state index contributed by atoms with van der Waals surface area (Å²) in [5.74, 6) is 0. The predicted molar refractivity (Wildman–Crippen MR) is 92.9 cm³/mol. The molecule has 0 saturated heterocycles. The number of hydrogen-bond acceptors (Lipinski definition) is 3. The van der Waals surface area contributed by atoms with Gasteiger partial charge in [-0.2, -0.15) is 0 Å². The molecule has 3 nitrogen and oxygen atoms in total. The summed E-state index contributed by atoms with van der Waals surface area (Å²) in [7, 11) is 0. The first-order valence-corrected chi connectivity index (χ1v) is 7.63. The molecule has 0 aliphatic rings. The van der Waals surface area contributed by atoms with Crippen molar-refractivity contribution in [2.75, 3.05) is 11.4 Å². The van der Waals surface area contributed by atoms with Crippen molar-refractivity contribution < 1.29 is 0 Å². The van der Waals surface area contributed by atoms with Gasteiger partial charge in [0.15, 0.2) is 0 Å². The van der Waals surface area contributed by atoms with Gasteiger partial charge in [-0.1, -0.05) is 6.08 Å². The standard InChI is InChI=1S/C18H31N3/c1-9-10-21(18(6,7)8)16-11-14(2)19-12-15(16)13-20-17(3,4)5/h9,11-12,20H,1,10,13H2,2-8H3. The predicted octanol–water partition coefficient (Wildman–Crippen LogP) is 4.07. The summed E-state index contributed by atoms with van der Waals surface area (Å²) in [4.78, 5) is 6.86. The molecule has 0 aliphatic carbocycles. The minimum Gasteiger partial charge on any atom is -0.363 e. The van der Waals surface area contributed by atoms with E-state index in [9.17, 15) is 0 Å². The summed E-state index contributed by atoms with van der Waals surface area (Å²) in [5, 5.41) is 3.55. The third kappa shape index (κ3) is 5.50. The van der Waals surface area contributed by atoms with Gasteiger partial charge in [0.05, 0.1) is 0 Å². The number of anilines is 1. The lowest BCUT2D eigenvalue weighted by Gasteiger charge is -2.38. The van der Waals surface area contributed by atoms with Crippen LogP contribution in [0, 0.1) is 6.92 Å². The molecule has 0 aliphatic heterocycles. The van der Waals surface area contributed by atoms with Gasteiger partial charge in [-0.15, -0.1) is 6.58 Å². The van der Waals surface area contributed by atoms with E-state index in [1.807, 2.05) is 19.2 Å². The van der Waals surface area contributed by atoms with Gasteiger partial charge in [-0.25, -0.2) is 0 Å². The minimum atomic E-state index is 0.0401. The van der Waals surface area contributed by atoms with Crippen LogP contribution in [0.1, 0.15) is 52.8 Å². The highest BCUT2D eigenvalue weighted by molar-refractivity contribution is 5.56. The second kappa shape index (κ2) is 6.61. The lowest BCUT2D eigenvalue weighted by atomic mass is 10.0. The van der Waals surface area contributed by atoms with Crippen LogP contribution in [-0.2, 0) is 6.54 Å². The van der Waals surface area contributed by atoms with Crippen molar-refractivity contribution in [3.05, 3.63) is 36.2 Å². The molecule has 0 saturated carbocycles. The topological polar surface area (TPSA) is 28.2 Å². The fourth-order valence-electron chi connectivity index (χ4n) is 2.18. The SMILES string of the molecule is C=CCN(c1cc(C)ncc1CNC(C)(C)C)C(C)(C)C. The Labute approximate surface area is 130 Å². The van der Waals surface area contributed by atoms with E-state index in [0.29, 0.717) is 0 Å². The van der Waals surface area contributed by atoms with Crippen molar-refractivity contribution in [3.63, 3.8) is 0 Å². The van der Waals surface area contributed by atoms with E-state index < -0.39 is 0 Å². The molecule has 0 amide bonds. The van der Waals surface area contributed by atoms with Crippen LogP contribution in [0.3, 0.4) is 0 Å². The largest absolute Gasteiger partial charge is 0.363 e. The van der Waals surface area contributed by atoms with Crippen molar-refractivity contribution in [2.45, 2.75) is 66.1 Å². The van der Waals surface area contributed by atoms with E-state index in [2.05, 4.69) is 69.4 Å². The molecule has 0 fully saturated rings. The molecule has 3 heteroatoms. The van der Waals surface area contributed by atoms with Crippen molar-refractivity contribution >= 4 is 5.69 Å². The fourth-order valence-corrected chi connectivity index (χ4v) is 2.18. The highest BCUT2D eigenvalue weighted by Gasteiger charge is 2.23. The Bertz CT molecular complexity index is 478. The second-order valence-corrected chi connectivity index (χ2v) is 7.63. The van der Waals surface area contributed by atoms with Crippen molar-refractivity contribution in [1.82, 2.24) is 10.3 Å². The van der Waals surface area contributed by atoms with Crippen LogP contribution in [0.5, 0.6) is 0 Å². The Kier molecular flexibility index (Phi) is 5.57. The van der Waals surface area contributed by atoms with Crippen LogP contribution in [0.15, 0.2) is 24.9 Å². The van der Waals surface area contributed by atoms with Crippen LogP contribution in [0.2, 0.25) is 0 Å². The van der Waals surface area contributed by atoms with Gasteiger partial charge >= 0.3 is 0 Å². The van der Waals surface area contributed by atoms with Gasteiger partial charge in [0.2, 0.25) is 0 Å².